The number of hydrogen-bond donors (Lipinski definition) is 0. The van der Waals surface area contributed by atoms with Crippen LogP contribution in [-0.2, 0) is 28.4 Å². The number of alkyl halides is 6. The van der Waals surface area contributed by atoms with Crippen molar-refractivity contribution in [3.8, 4) is 0 Å². The van der Waals surface area contributed by atoms with E-state index in [1.165, 1.54) is 12.0 Å². The maximum atomic E-state index is 13.8. The van der Waals surface area contributed by atoms with Crippen LogP contribution in [0.1, 0.15) is 60.8 Å². The van der Waals surface area contributed by atoms with E-state index in [9.17, 15) is 35.9 Å². The molecule has 2 amide bonds. The van der Waals surface area contributed by atoms with Gasteiger partial charge in [-0.2, -0.15) is 31.4 Å². The van der Waals surface area contributed by atoms with E-state index >= 15 is 0 Å². The summed E-state index contributed by atoms with van der Waals surface area (Å²) < 4.78 is 87.2. The van der Waals surface area contributed by atoms with Crippen LogP contribution in [0.3, 0.4) is 0 Å². The smallest absolute Gasteiger partial charge is 0.416 e. The minimum Gasteiger partial charge on any atom is -0.467 e. The maximum Gasteiger partial charge on any atom is 0.416 e. The third kappa shape index (κ3) is 6.99. The Kier molecular flexibility index (Phi) is 9.36. The molecule has 1 aromatic heterocycles. The fourth-order valence-electron chi connectivity index (χ4n) is 6.39. The molecular formula is C30H35F6N7O3. The van der Waals surface area contributed by atoms with E-state index in [4.69, 9.17) is 4.74 Å². The lowest BCUT2D eigenvalue weighted by Gasteiger charge is -2.32. The van der Waals surface area contributed by atoms with Gasteiger partial charge in [-0.05, 0) is 55.0 Å². The second kappa shape index (κ2) is 12.9. The Labute approximate surface area is 262 Å². The number of hydrazone groups is 1. The number of likely N-dealkylation sites (N-methyl/N-ethyl adjacent to an activating group) is 1. The highest BCUT2D eigenvalue weighted by Gasteiger charge is 2.44. The molecule has 1 unspecified atom stereocenters. The second-order valence-electron chi connectivity index (χ2n) is 11.8. The SMILES string of the molecule is CC[C@@H]1C[C@H](N(Cc2cc(C(F)(F)F)cc(C(F)(F)F)c2)c2ncc(C3C=NN(C)C3)cn2)CN1C(=O)N1CCC[C@H]1C(=O)OC. The summed E-state index contributed by atoms with van der Waals surface area (Å²) in [4.78, 5) is 39.8. The molecule has 1 aromatic carbocycles. The molecular weight excluding hydrogens is 620 g/mol. The predicted octanol–water partition coefficient (Wildman–Crippen LogP) is 5.15. The Balaban J connectivity index is 1.49. The van der Waals surface area contributed by atoms with Crippen LogP contribution >= 0.6 is 0 Å². The number of hydrogen-bond acceptors (Lipinski definition) is 8. The zero-order valence-corrected chi connectivity index (χ0v) is 25.6. The third-order valence-electron chi connectivity index (χ3n) is 8.77. The van der Waals surface area contributed by atoms with Gasteiger partial charge in [0.1, 0.15) is 6.04 Å². The van der Waals surface area contributed by atoms with Crippen LogP contribution in [0.2, 0.25) is 0 Å². The molecule has 3 aliphatic rings. The Morgan fingerprint density at radius 2 is 1.65 bits per heavy atom. The van der Waals surface area contributed by atoms with Crippen LogP contribution in [0.25, 0.3) is 0 Å². The number of carbonyl (C=O) groups is 2. The normalized spacial score (nSPS) is 23.4. The van der Waals surface area contributed by atoms with Gasteiger partial charge >= 0.3 is 24.4 Å². The molecule has 4 heterocycles. The van der Waals surface area contributed by atoms with Crippen molar-refractivity contribution in [2.45, 2.75) is 75.5 Å². The summed E-state index contributed by atoms with van der Waals surface area (Å²) in [5, 5.41) is 5.96. The summed E-state index contributed by atoms with van der Waals surface area (Å²) >= 11 is 0. The molecule has 10 nitrogen and oxygen atoms in total. The molecule has 0 saturated carbocycles. The highest BCUT2D eigenvalue weighted by atomic mass is 19.4. The molecule has 3 aliphatic heterocycles. The zero-order chi connectivity index (χ0) is 33.4. The number of ether oxygens (including phenoxy) is 1. The monoisotopic (exact) mass is 655 g/mol. The fraction of sp³-hybridized carbons (Fsp3) is 0.567. The summed E-state index contributed by atoms with van der Waals surface area (Å²) in [5.41, 5.74) is -2.33. The van der Waals surface area contributed by atoms with Gasteiger partial charge in [0.05, 0.1) is 24.3 Å². The number of carbonyl (C=O) groups excluding carboxylic acids is 2. The van der Waals surface area contributed by atoms with Crippen molar-refractivity contribution >= 4 is 24.2 Å². The standard InChI is InChI=1S/C30H35F6N7O3/c1-4-23-11-24(17-43(23)28(45)41-7-5-6-25(41)26(44)46-3)42(27-37-12-19(13-38-27)20-14-39-40(2)16-20)15-18-8-21(29(31,32)33)10-22(9-18)30(34,35)36/h8-10,12-14,20,23-25H,4-7,11,15-17H2,1-3H3/t20?,23-,24+,25+/m1/s1. The molecule has 2 fully saturated rings. The van der Waals surface area contributed by atoms with E-state index in [1.807, 2.05) is 14.0 Å². The average Bonchev–Trinajstić information content (AvgIpc) is 3.78. The first kappa shape index (κ1) is 33.3. The van der Waals surface area contributed by atoms with Crippen molar-refractivity contribution in [1.29, 1.82) is 0 Å². The number of benzene rings is 1. The summed E-state index contributed by atoms with van der Waals surface area (Å²) in [5.74, 6) is -0.508. The summed E-state index contributed by atoms with van der Waals surface area (Å²) in [7, 11) is 3.06. The first-order chi connectivity index (χ1) is 21.7. The van der Waals surface area contributed by atoms with E-state index in [0.717, 1.165) is 5.56 Å². The van der Waals surface area contributed by atoms with E-state index in [2.05, 4.69) is 15.1 Å². The quantitative estimate of drug-likeness (QED) is 0.301. The Morgan fingerprint density at radius 1 is 1.00 bits per heavy atom. The number of aromatic nitrogens is 2. The lowest BCUT2D eigenvalue weighted by Crippen LogP contribution is -2.50. The van der Waals surface area contributed by atoms with Crippen molar-refractivity contribution in [1.82, 2.24) is 24.8 Å². The number of nitrogens with zero attached hydrogens (tertiary/aromatic N) is 7. The van der Waals surface area contributed by atoms with E-state index < -0.39 is 41.5 Å². The molecule has 0 aliphatic carbocycles. The predicted molar refractivity (Wildman–Crippen MR) is 155 cm³/mol. The molecule has 250 valence electrons. The minimum atomic E-state index is -5.01. The molecule has 2 aromatic rings. The molecule has 0 bridgehead atoms. The van der Waals surface area contributed by atoms with Gasteiger partial charge in [0.2, 0.25) is 5.95 Å². The van der Waals surface area contributed by atoms with Crippen molar-refractivity contribution in [2.24, 2.45) is 5.10 Å². The number of halogens is 6. The number of anilines is 1. The molecule has 2 saturated heterocycles. The number of esters is 1. The second-order valence-corrected chi connectivity index (χ2v) is 11.8. The number of methoxy groups -OCH3 is 1. The van der Waals surface area contributed by atoms with Crippen LogP contribution in [0.5, 0.6) is 0 Å². The fourth-order valence-corrected chi connectivity index (χ4v) is 6.39. The zero-order valence-electron chi connectivity index (χ0n) is 25.6. The number of likely N-dealkylation sites (tertiary alicyclic amines) is 2. The van der Waals surface area contributed by atoms with Gasteiger partial charge in [-0.25, -0.2) is 19.6 Å². The van der Waals surface area contributed by atoms with E-state index in [0.29, 0.717) is 50.9 Å². The van der Waals surface area contributed by atoms with Gasteiger partial charge in [-0.1, -0.05) is 6.92 Å². The highest BCUT2D eigenvalue weighted by molar-refractivity contribution is 5.84. The first-order valence-corrected chi connectivity index (χ1v) is 15.0. The van der Waals surface area contributed by atoms with Crippen molar-refractivity contribution in [3.63, 3.8) is 0 Å². The summed E-state index contributed by atoms with van der Waals surface area (Å²) in [6.07, 6.45) is -3.18. The maximum absolute atomic E-state index is 13.8. The van der Waals surface area contributed by atoms with Gasteiger partial charge in [-0.15, -0.1) is 0 Å². The van der Waals surface area contributed by atoms with Crippen molar-refractivity contribution < 1.29 is 40.7 Å². The van der Waals surface area contributed by atoms with Gasteiger partial charge in [-0.3, -0.25) is 5.01 Å². The minimum absolute atomic E-state index is 0.0856. The molecule has 0 N–H and O–H groups in total. The van der Waals surface area contributed by atoms with Crippen LogP contribution in [0, 0.1) is 0 Å². The van der Waals surface area contributed by atoms with Crippen LogP contribution in [-0.4, -0.2) is 94.9 Å². The van der Waals surface area contributed by atoms with Crippen LogP contribution in [0.15, 0.2) is 35.7 Å². The van der Waals surface area contributed by atoms with Crippen molar-refractivity contribution in [2.75, 3.05) is 38.7 Å². The molecule has 4 atom stereocenters. The van der Waals surface area contributed by atoms with E-state index in [-0.39, 0.29) is 48.7 Å². The summed E-state index contributed by atoms with van der Waals surface area (Å²) in [6.45, 7) is 2.55. The number of urea groups is 1. The number of amides is 2. The lowest BCUT2D eigenvalue weighted by atomic mass is 10.0. The molecule has 5 rings (SSSR count). The van der Waals surface area contributed by atoms with Gasteiger partial charge in [0, 0.05) is 63.8 Å². The first-order valence-electron chi connectivity index (χ1n) is 15.0. The van der Waals surface area contributed by atoms with Crippen LogP contribution in [0.4, 0.5) is 37.1 Å². The van der Waals surface area contributed by atoms with Gasteiger partial charge in [0.25, 0.3) is 0 Å². The molecule has 0 radical (unpaired) electrons. The van der Waals surface area contributed by atoms with Crippen molar-refractivity contribution in [3.05, 3.63) is 52.8 Å². The molecule has 16 heteroatoms. The lowest BCUT2D eigenvalue weighted by molar-refractivity contribution is -0.145. The summed E-state index contributed by atoms with van der Waals surface area (Å²) in [6, 6.07) is -0.482. The van der Waals surface area contributed by atoms with E-state index in [1.54, 1.807) is 33.4 Å². The highest BCUT2D eigenvalue weighted by Crippen LogP contribution is 2.38. The Hall–Kier alpha value is -4.11. The van der Waals surface area contributed by atoms with Crippen LogP contribution < -0.4 is 4.90 Å². The average molecular weight is 656 g/mol. The Bertz CT molecular complexity index is 1420. The third-order valence-corrected chi connectivity index (χ3v) is 8.77. The largest absolute Gasteiger partial charge is 0.467 e. The van der Waals surface area contributed by atoms with Gasteiger partial charge in [0.15, 0.2) is 0 Å². The Morgan fingerprint density at radius 3 is 2.20 bits per heavy atom. The topological polar surface area (TPSA) is 94.5 Å². The number of rotatable bonds is 7. The molecule has 46 heavy (non-hydrogen) atoms. The molecule has 0 spiro atoms. The van der Waals surface area contributed by atoms with Gasteiger partial charge < -0.3 is 19.4 Å².